The van der Waals surface area contributed by atoms with E-state index >= 15 is 0 Å². The number of carbonyl (C=O) groups is 1. The number of halogens is 2. The van der Waals surface area contributed by atoms with E-state index in [0.717, 1.165) is 0 Å². The molecule has 1 fully saturated rings. The van der Waals surface area contributed by atoms with Crippen LogP contribution in [0.2, 0.25) is 0 Å². The molecule has 1 aliphatic heterocycles. The summed E-state index contributed by atoms with van der Waals surface area (Å²) >= 11 is 0. The number of benzene rings is 1. The lowest BCUT2D eigenvalue weighted by Gasteiger charge is -2.32. The van der Waals surface area contributed by atoms with Gasteiger partial charge in [0.15, 0.2) is 11.6 Å². The Hall–Kier alpha value is -1.47. The van der Waals surface area contributed by atoms with E-state index in [2.05, 4.69) is 5.32 Å². The van der Waals surface area contributed by atoms with Gasteiger partial charge in [0.2, 0.25) is 0 Å². The molecule has 0 radical (unpaired) electrons. The van der Waals surface area contributed by atoms with Gasteiger partial charge >= 0.3 is 7.12 Å². The molecule has 2 rings (SSSR count). The molecule has 0 spiro atoms. The molecule has 1 aromatic carbocycles. The Morgan fingerprint density at radius 3 is 2.10 bits per heavy atom. The molecule has 1 aliphatic rings. The van der Waals surface area contributed by atoms with Crippen LogP contribution in [0.15, 0.2) is 12.1 Å². The van der Waals surface area contributed by atoms with Crippen LogP contribution in [0, 0.1) is 11.6 Å². The predicted molar refractivity (Wildman–Crippen MR) is 75.5 cm³/mol. The maximum atomic E-state index is 14.2. The molecule has 0 unspecified atom stereocenters. The number of hydrogen-bond donors (Lipinski definition) is 1. The quantitative estimate of drug-likeness (QED) is 0.844. The second-order valence-corrected chi connectivity index (χ2v) is 6.00. The molecular weight excluding hydrogens is 279 g/mol. The van der Waals surface area contributed by atoms with Crippen LogP contribution < -0.4 is 10.8 Å². The summed E-state index contributed by atoms with van der Waals surface area (Å²) in [4.78, 5) is 11.4. The first-order valence-electron chi connectivity index (χ1n) is 6.66. The van der Waals surface area contributed by atoms with E-state index in [-0.39, 0.29) is 11.0 Å². The highest BCUT2D eigenvalue weighted by Crippen LogP contribution is 2.36. The van der Waals surface area contributed by atoms with Crippen LogP contribution in [-0.2, 0) is 9.31 Å². The zero-order chi connectivity index (χ0) is 16.0. The zero-order valence-corrected chi connectivity index (χ0v) is 12.7. The van der Waals surface area contributed by atoms with Crippen LogP contribution >= 0.6 is 0 Å². The van der Waals surface area contributed by atoms with Gasteiger partial charge in [-0.3, -0.25) is 4.79 Å². The molecule has 0 aliphatic carbocycles. The normalized spacial score (nSPS) is 19.7. The van der Waals surface area contributed by atoms with E-state index < -0.39 is 35.9 Å². The molecule has 1 amide bonds. The molecule has 0 atom stereocenters. The maximum absolute atomic E-state index is 14.2. The van der Waals surface area contributed by atoms with Gasteiger partial charge < -0.3 is 14.6 Å². The molecule has 0 bridgehead atoms. The Morgan fingerprint density at radius 2 is 1.62 bits per heavy atom. The summed E-state index contributed by atoms with van der Waals surface area (Å²) in [6, 6.07) is 2.53. The third-order valence-electron chi connectivity index (χ3n) is 4.09. The minimum absolute atomic E-state index is 0.0567. The fraction of sp³-hybridized carbons (Fsp3) is 0.500. The average molecular weight is 297 g/mol. The first-order chi connectivity index (χ1) is 9.60. The van der Waals surface area contributed by atoms with Crippen molar-refractivity contribution in [3.05, 3.63) is 29.3 Å². The molecule has 7 heteroatoms. The van der Waals surface area contributed by atoms with Gasteiger partial charge in [-0.2, -0.15) is 0 Å². The van der Waals surface area contributed by atoms with Crippen molar-refractivity contribution >= 4 is 18.5 Å². The molecule has 0 aromatic heterocycles. The zero-order valence-electron chi connectivity index (χ0n) is 12.7. The topological polar surface area (TPSA) is 47.6 Å². The summed E-state index contributed by atoms with van der Waals surface area (Å²) in [5.41, 5.74) is -1.71. The minimum atomic E-state index is -1.21. The van der Waals surface area contributed by atoms with Crippen molar-refractivity contribution < 1.29 is 22.9 Å². The van der Waals surface area contributed by atoms with Gasteiger partial charge in [0.25, 0.3) is 5.91 Å². The third-order valence-corrected chi connectivity index (χ3v) is 4.09. The van der Waals surface area contributed by atoms with E-state index in [0.29, 0.717) is 0 Å². The summed E-state index contributed by atoms with van der Waals surface area (Å²) in [5, 5.41) is 2.26. The summed E-state index contributed by atoms with van der Waals surface area (Å²) in [7, 11) is 0.338. The van der Waals surface area contributed by atoms with Crippen LogP contribution in [0.25, 0.3) is 0 Å². The van der Waals surface area contributed by atoms with Crippen molar-refractivity contribution in [2.24, 2.45) is 0 Å². The monoisotopic (exact) mass is 297 g/mol. The Labute approximate surface area is 123 Å². The average Bonchev–Trinajstić information content (AvgIpc) is 2.60. The van der Waals surface area contributed by atoms with Crippen molar-refractivity contribution in [2.75, 3.05) is 7.05 Å². The molecule has 1 N–H and O–H groups in total. The summed E-state index contributed by atoms with van der Waals surface area (Å²) in [5.74, 6) is -3.02. The van der Waals surface area contributed by atoms with E-state index in [9.17, 15) is 13.6 Å². The van der Waals surface area contributed by atoms with Gasteiger partial charge in [-0.05, 0) is 33.8 Å². The standard InChI is InChI=1S/C14H18BF2NO3/c1-13(2)14(3,4)21-15(20-13)9-7-6-8(12(19)18-5)10(16)11(9)17/h6-7H,1-5H3,(H,18,19). The number of nitrogens with one attached hydrogen (secondary N) is 1. The highest BCUT2D eigenvalue weighted by Gasteiger charge is 2.52. The van der Waals surface area contributed by atoms with Gasteiger partial charge in [-0.15, -0.1) is 0 Å². The van der Waals surface area contributed by atoms with Crippen LogP contribution in [0.3, 0.4) is 0 Å². The number of rotatable bonds is 2. The molecule has 4 nitrogen and oxygen atoms in total. The fourth-order valence-corrected chi connectivity index (χ4v) is 2.03. The SMILES string of the molecule is CNC(=O)c1ccc(B2OC(C)(C)C(C)(C)O2)c(F)c1F. The van der Waals surface area contributed by atoms with Crippen LogP contribution in [0.1, 0.15) is 38.1 Å². The van der Waals surface area contributed by atoms with E-state index in [1.54, 1.807) is 0 Å². The van der Waals surface area contributed by atoms with Crippen LogP contribution in [-0.4, -0.2) is 31.3 Å². The highest BCUT2D eigenvalue weighted by molar-refractivity contribution is 6.62. The minimum Gasteiger partial charge on any atom is -0.399 e. The van der Waals surface area contributed by atoms with Gasteiger partial charge in [0, 0.05) is 12.5 Å². The van der Waals surface area contributed by atoms with E-state index in [4.69, 9.17) is 9.31 Å². The second kappa shape index (κ2) is 5.07. The van der Waals surface area contributed by atoms with E-state index in [1.807, 2.05) is 27.7 Å². The Kier molecular flexibility index (Phi) is 3.84. The number of carbonyl (C=O) groups excluding carboxylic acids is 1. The molecule has 1 heterocycles. The summed E-state index contributed by atoms with van der Waals surface area (Å²) < 4.78 is 39.6. The largest absolute Gasteiger partial charge is 0.497 e. The molecular formula is C14H18BF2NO3. The van der Waals surface area contributed by atoms with Crippen LogP contribution in [0.4, 0.5) is 8.78 Å². The van der Waals surface area contributed by atoms with Gasteiger partial charge in [0.05, 0.1) is 16.8 Å². The Morgan fingerprint density at radius 1 is 1.10 bits per heavy atom. The predicted octanol–water partition coefficient (Wildman–Crippen LogP) is 1.62. The smallest absolute Gasteiger partial charge is 0.399 e. The van der Waals surface area contributed by atoms with Crippen molar-refractivity contribution in [2.45, 2.75) is 38.9 Å². The second-order valence-electron chi connectivity index (χ2n) is 6.00. The Bertz CT molecular complexity index is 574. The number of amides is 1. The Balaban J connectivity index is 2.40. The lowest BCUT2D eigenvalue weighted by Crippen LogP contribution is -2.41. The maximum Gasteiger partial charge on any atom is 0.497 e. The first-order valence-corrected chi connectivity index (χ1v) is 6.66. The number of hydrogen-bond acceptors (Lipinski definition) is 3. The van der Waals surface area contributed by atoms with Crippen molar-refractivity contribution in [3.63, 3.8) is 0 Å². The van der Waals surface area contributed by atoms with Crippen LogP contribution in [0.5, 0.6) is 0 Å². The molecule has 1 aromatic rings. The highest BCUT2D eigenvalue weighted by atomic mass is 19.2. The summed E-state index contributed by atoms with van der Waals surface area (Å²) in [6.07, 6.45) is 0. The third kappa shape index (κ3) is 2.56. The lowest BCUT2D eigenvalue weighted by atomic mass is 9.78. The van der Waals surface area contributed by atoms with Gasteiger partial charge in [0.1, 0.15) is 0 Å². The first kappa shape index (κ1) is 15.9. The summed E-state index contributed by atoms with van der Waals surface area (Å²) in [6.45, 7) is 7.28. The molecule has 114 valence electrons. The van der Waals surface area contributed by atoms with Crippen molar-refractivity contribution in [3.8, 4) is 0 Å². The van der Waals surface area contributed by atoms with Crippen molar-refractivity contribution in [1.29, 1.82) is 0 Å². The van der Waals surface area contributed by atoms with E-state index in [1.165, 1.54) is 19.2 Å². The van der Waals surface area contributed by atoms with Gasteiger partial charge in [-0.1, -0.05) is 6.07 Å². The molecule has 1 saturated heterocycles. The molecule has 21 heavy (non-hydrogen) atoms. The van der Waals surface area contributed by atoms with Crippen molar-refractivity contribution in [1.82, 2.24) is 5.32 Å². The molecule has 0 saturated carbocycles. The fourth-order valence-electron chi connectivity index (χ4n) is 2.03. The van der Waals surface area contributed by atoms with Gasteiger partial charge in [-0.25, -0.2) is 8.78 Å². The lowest BCUT2D eigenvalue weighted by molar-refractivity contribution is 0.00578.